The van der Waals surface area contributed by atoms with E-state index >= 15 is 0 Å². The molecule has 1 N–H and O–H groups in total. The van der Waals surface area contributed by atoms with Crippen LogP contribution in [0.2, 0.25) is 5.02 Å². The minimum atomic E-state index is -4.94. The van der Waals surface area contributed by atoms with Crippen molar-refractivity contribution < 1.29 is 23.1 Å². The number of carbonyl (C=O) groups is 1. The summed E-state index contributed by atoms with van der Waals surface area (Å²) >= 11 is 5.94. The number of alkyl halides is 3. The summed E-state index contributed by atoms with van der Waals surface area (Å²) in [6, 6.07) is 13.0. The molecular formula is C28H29ClF3N7O3. The number of piperidine rings is 1. The molecule has 1 amide bonds. The van der Waals surface area contributed by atoms with Crippen molar-refractivity contribution >= 4 is 17.5 Å². The maximum atomic E-state index is 13.4. The van der Waals surface area contributed by atoms with Gasteiger partial charge in [-0.15, -0.1) is 10.2 Å². The number of para-hydroxylation sites is 1. The van der Waals surface area contributed by atoms with Crippen molar-refractivity contribution in [2.75, 3.05) is 13.1 Å². The molecule has 42 heavy (non-hydrogen) atoms. The molecule has 3 heterocycles. The van der Waals surface area contributed by atoms with Gasteiger partial charge >= 0.3 is 11.9 Å². The number of carbonyl (C=O) groups excluding carboxylic acids is 1. The number of nitrogens with zero attached hydrogens (tertiary/aromatic N) is 7. The SMILES string of the molecule is CC1(C)CCN(C(=O)c2ccccc2-n2cnc(Cn3nc(-c4ccc(Cl)cc4)n(CC(O)C(F)(F)F)c3=O)n2)CC1. The van der Waals surface area contributed by atoms with E-state index in [9.17, 15) is 27.9 Å². The van der Waals surface area contributed by atoms with Crippen molar-refractivity contribution in [2.24, 2.45) is 5.41 Å². The van der Waals surface area contributed by atoms with Crippen LogP contribution < -0.4 is 5.69 Å². The summed E-state index contributed by atoms with van der Waals surface area (Å²) in [4.78, 5) is 32.7. The third-order valence-corrected chi connectivity index (χ3v) is 7.63. The lowest BCUT2D eigenvalue weighted by Gasteiger charge is -2.37. The number of likely N-dealkylation sites (tertiary alicyclic amines) is 1. The number of rotatable bonds is 7. The van der Waals surface area contributed by atoms with E-state index in [1.807, 2.05) is 4.90 Å². The monoisotopic (exact) mass is 603 g/mol. The van der Waals surface area contributed by atoms with Crippen molar-refractivity contribution in [2.45, 2.75) is 52.1 Å². The fourth-order valence-electron chi connectivity index (χ4n) is 4.76. The summed E-state index contributed by atoms with van der Waals surface area (Å²) in [5.41, 5.74) is 0.570. The molecule has 1 saturated heterocycles. The highest BCUT2D eigenvalue weighted by Gasteiger charge is 2.39. The Morgan fingerprint density at radius 2 is 1.74 bits per heavy atom. The highest BCUT2D eigenvalue weighted by molar-refractivity contribution is 6.30. The van der Waals surface area contributed by atoms with Gasteiger partial charge in [-0.25, -0.2) is 19.1 Å². The van der Waals surface area contributed by atoms with Gasteiger partial charge in [-0.05, 0) is 54.7 Å². The summed E-state index contributed by atoms with van der Waals surface area (Å²) in [6.07, 6.45) is -4.53. The molecule has 1 aliphatic heterocycles. The normalized spacial score (nSPS) is 16.0. The number of halogens is 4. The number of aliphatic hydroxyl groups excluding tert-OH is 1. The van der Waals surface area contributed by atoms with Gasteiger partial charge in [0.05, 0.1) is 17.8 Å². The second kappa shape index (κ2) is 11.4. The topological polar surface area (TPSA) is 111 Å². The van der Waals surface area contributed by atoms with Crippen LogP contribution in [0, 0.1) is 5.41 Å². The van der Waals surface area contributed by atoms with Crippen molar-refractivity contribution in [1.82, 2.24) is 34.0 Å². The highest BCUT2D eigenvalue weighted by atomic mass is 35.5. The lowest BCUT2D eigenvalue weighted by Crippen LogP contribution is -2.41. The highest BCUT2D eigenvalue weighted by Crippen LogP contribution is 2.31. The van der Waals surface area contributed by atoms with E-state index in [1.165, 1.54) is 35.3 Å². The fraction of sp³-hybridized carbons (Fsp3) is 0.393. The van der Waals surface area contributed by atoms with Gasteiger partial charge < -0.3 is 10.0 Å². The molecule has 4 aromatic rings. The summed E-state index contributed by atoms with van der Waals surface area (Å²) in [5.74, 6) is -0.0632. The van der Waals surface area contributed by atoms with Crippen molar-refractivity contribution in [3.05, 3.63) is 81.8 Å². The van der Waals surface area contributed by atoms with Crippen LogP contribution in [0.15, 0.2) is 59.7 Å². The Balaban J connectivity index is 1.43. The molecule has 14 heteroatoms. The van der Waals surface area contributed by atoms with Crippen LogP contribution >= 0.6 is 11.6 Å². The second-order valence-corrected chi connectivity index (χ2v) is 11.5. The van der Waals surface area contributed by atoms with Crippen LogP contribution in [-0.2, 0) is 13.1 Å². The maximum Gasteiger partial charge on any atom is 0.416 e. The first kappa shape index (κ1) is 29.5. The van der Waals surface area contributed by atoms with Crippen LogP contribution in [-0.4, -0.2) is 70.4 Å². The van der Waals surface area contributed by atoms with E-state index < -0.39 is 24.5 Å². The Morgan fingerprint density at radius 3 is 2.40 bits per heavy atom. The van der Waals surface area contributed by atoms with E-state index in [2.05, 4.69) is 29.0 Å². The molecule has 0 aliphatic carbocycles. The molecule has 1 aliphatic rings. The zero-order valence-electron chi connectivity index (χ0n) is 22.9. The number of amides is 1. The molecule has 222 valence electrons. The zero-order valence-corrected chi connectivity index (χ0v) is 23.7. The summed E-state index contributed by atoms with van der Waals surface area (Å²) in [6.45, 7) is 4.35. The molecule has 10 nitrogen and oxygen atoms in total. The average Bonchev–Trinajstić information content (AvgIpc) is 3.53. The largest absolute Gasteiger partial charge is 0.416 e. The molecule has 2 aromatic heterocycles. The molecule has 0 bridgehead atoms. The molecule has 2 aromatic carbocycles. The molecule has 0 saturated carbocycles. The van der Waals surface area contributed by atoms with E-state index in [0.717, 1.165) is 22.1 Å². The smallest absolute Gasteiger partial charge is 0.382 e. The van der Waals surface area contributed by atoms with Crippen LogP contribution in [0.1, 0.15) is 42.9 Å². The first-order chi connectivity index (χ1) is 19.8. The summed E-state index contributed by atoms with van der Waals surface area (Å²) in [7, 11) is 0. The van der Waals surface area contributed by atoms with Gasteiger partial charge in [0.25, 0.3) is 5.91 Å². The van der Waals surface area contributed by atoms with E-state index in [-0.39, 0.29) is 29.5 Å². The van der Waals surface area contributed by atoms with Crippen LogP contribution in [0.5, 0.6) is 0 Å². The predicted molar refractivity (Wildman–Crippen MR) is 148 cm³/mol. The van der Waals surface area contributed by atoms with E-state index in [1.54, 1.807) is 24.3 Å². The minimum Gasteiger partial charge on any atom is -0.382 e. The predicted octanol–water partition coefficient (Wildman–Crippen LogP) is 4.18. The first-order valence-electron chi connectivity index (χ1n) is 13.3. The van der Waals surface area contributed by atoms with Gasteiger partial charge in [-0.2, -0.15) is 13.2 Å². The fourth-order valence-corrected chi connectivity index (χ4v) is 4.88. The Hall–Kier alpha value is -3.97. The Labute approximate surface area is 244 Å². The molecule has 0 radical (unpaired) electrons. The van der Waals surface area contributed by atoms with Gasteiger partial charge in [-0.3, -0.25) is 9.36 Å². The molecule has 0 spiro atoms. The number of benzene rings is 2. The van der Waals surface area contributed by atoms with Gasteiger partial charge in [0, 0.05) is 23.7 Å². The molecule has 1 atom stereocenters. The zero-order chi connectivity index (χ0) is 30.2. The number of aliphatic hydroxyl groups is 1. The number of aromatic nitrogens is 6. The lowest BCUT2D eigenvalue weighted by atomic mass is 9.82. The van der Waals surface area contributed by atoms with Gasteiger partial charge in [0.1, 0.15) is 12.9 Å². The van der Waals surface area contributed by atoms with E-state index in [4.69, 9.17) is 11.6 Å². The van der Waals surface area contributed by atoms with E-state index in [0.29, 0.717) is 34.9 Å². The lowest BCUT2D eigenvalue weighted by molar-refractivity contribution is -0.207. The number of hydrogen-bond acceptors (Lipinski definition) is 6. The maximum absolute atomic E-state index is 13.4. The van der Waals surface area contributed by atoms with Gasteiger partial charge in [-0.1, -0.05) is 37.6 Å². The average molecular weight is 604 g/mol. The van der Waals surface area contributed by atoms with Crippen LogP contribution in [0.3, 0.4) is 0 Å². The van der Waals surface area contributed by atoms with Gasteiger partial charge in [0.2, 0.25) is 0 Å². The minimum absolute atomic E-state index is 0.0833. The number of hydrogen-bond donors (Lipinski definition) is 1. The van der Waals surface area contributed by atoms with Crippen LogP contribution in [0.25, 0.3) is 17.1 Å². The third kappa shape index (κ3) is 6.26. The first-order valence-corrected chi connectivity index (χ1v) is 13.7. The Bertz CT molecular complexity index is 1630. The standard InChI is InChI=1S/C28H29ClF3N7O3/c1-27(2)11-13-36(14-12-27)25(41)20-5-3-4-6-21(20)39-17-33-23(34-39)16-38-26(42)37(15-22(40)28(30,31)32)24(35-38)18-7-9-19(29)10-8-18/h3-10,17,22,40H,11-16H2,1-2H3. The molecule has 5 rings (SSSR count). The van der Waals surface area contributed by atoms with Gasteiger partial charge in [0.15, 0.2) is 17.8 Å². The van der Waals surface area contributed by atoms with Crippen molar-refractivity contribution in [3.8, 4) is 17.1 Å². The Kier molecular flexibility index (Phi) is 7.99. The third-order valence-electron chi connectivity index (χ3n) is 7.37. The Morgan fingerprint density at radius 1 is 1.07 bits per heavy atom. The molecule has 1 fully saturated rings. The quantitative estimate of drug-likeness (QED) is 0.339. The van der Waals surface area contributed by atoms with Crippen molar-refractivity contribution in [3.63, 3.8) is 0 Å². The molecule has 1 unspecified atom stereocenters. The summed E-state index contributed by atoms with van der Waals surface area (Å²) < 4.78 is 42.6. The molecular weight excluding hydrogens is 575 g/mol. The second-order valence-electron chi connectivity index (χ2n) is 11.0. The summed E-state index contributed by atoms with van der Waals surface area (Å²) in [5, 5.41) is 18.8. The van der Waals surface area contributed by atoms with Crippen molar-refractivity contribution in [1.29, 1.82) is 0 Å². The van der Waals surface area contributed by atoms with Crippen LogP contribution in [0.4, 0.5) is 13.2 Å².